The number of rotatable bonds is 3. The van der Waals surface area contributed by atoms with E-state index in [1.807, 2.05) is 18.2 Å². The van der Waals surface area contributed by atoms with Crippen molar-refractivity contribution in [3.05, 3.63) is 36.5 Å². The van der Waals surface area contributed by atoms with Gasteiger partial charge in [0.15, 0.2) is 0 Å². The van der Waals surface area contributed by atoms with Crippen LogP contribution in [-0.4, -0.2) is 17.1 Å². The molecule has 0 fully saturated rings. The van der Waals surface area contributed by atoms with Crippen LogP contribution in [0.1, 0.15) is 6.92 Å². The van der Waals surface area contributed by atoms with Gasteiger partial charge in [0.25, 0.3) is 0 Å². The number of aliphatic carboxylic acids is 1. The minimum absolute atomic E-state index is 0. The summed E-state index contributed by atoms with van der Waals surface area (Å²) in [6.07, 6.45) is 0.645. The van der Waals surface area contributed by atoms with Gasteiger partial charge in [-0.1, -0.05) is 18.2 Å². The molecule has 1 aromatic carbocycles. The van der Waals surface area contributed by atoms with Crippen molar-refractivity contribution in [2.75, 3.05) is 0 Å². The van der Waals surface area contributed by atoms with Gasteiger partial charge in [0, 0.05) is 11.6 Å². The molecule has 82 valence electrons. The molecule has 0 saturated heterocycles. The summed E-state index contributed by atoms with van der Waals surface area (Å²) in [6.45, 7) is 1.43. The second kappa shape index (κ2) is 6.00. The number of hydrogen-bond acceptors (Lipinski definition) is 4. The van der Waals surface area contributed by atoms with Gasteiger partial charge in [-0.15, -0.1) is 0 Å². The van der Waals surface area contributed by atoms with E-state index in [0.717, 1.165) is 5.39 Å². The van der Waals surface area contributed by atoms with E-state index >= 15 is 0 Å². The molecule has 0 saturated carbocycles. The number of carboxylic acids is 1. The van der Waals surface area contributed by atoms with Crippen molar-refractivity contribution in [2.24, 2.45) is 0 Å². The molecular weight excluding hydrogens is 229 g/mol. The average molecular weight is 239 g/mol. The summed E-state index contributed by atoms with van der Waals surface area (Å²) in [6, 6.07) is 9.07. The molecule has 0 aliphatic heterocycles. The third kappa shape index (κ3) is 3.19. The number of carboxylic acid groups (broad SMARTS) is 1. The number of para-hydroxylation sites is 1. The molecule has 5 heteroatoms. The largest absolute Gasteiger partial charge is 1.00 e. The number of carbonyl (C=O) groups excluding carboxylic acids is 1. The van der Waals surface area contributed by atoms with Crippen molar-refractivity contribution >= 4 is 16.9 Å². The SMILES string of the molecule is C[C@H](Oc1cccc2cccnc12)C(=O)[O-].[Na+]. The molecule has 1 heterocycles. The minimum Gasteiger partial charge on any atom is -0.546 e. The topological polar surface area (TPSA) is 62.2 Å². The first-order valence-electron chi connectivity index (χ1n) is 4.90. The van der Waals surface area contributed by atoms with Crippen molar-refractivity contribution in [3.8, 4) is 5.75 Å². The Bertz CT molecular complexity index is 525. The van der Waals surface area contributed by atoms with E-state index in [-0.39, 0.29) is 29.6 Å². The first kappa shape index (κ1) is 14.0. The average Bonchev–Trinajstić information content (AvgIpc) is 2.29. The molecule has 0 spiro atoms. The smallest absolute Gasteiger partial charge is 0.546 e. The Morgan fingerprint density at radius 2 is 2.06 bits per heavy atom. The van der Waals surface area contributed by atoms with Crippen molar-refractivity contribution in [1.29, 1.82) is 0 Å². The summed E-state index contributed by atoms with van der Waals surface area (Å²) in [4.78, 5) is 14.7. The van der Waals surface area contributed by atoms with Gasteiger partial charge in [-0.2, -0.15) is 0 Å². The summed E-state index contributed by atoms with van der Waals surface area (Å²) in [5, 5.41) is 11.5. The third-order valence-corrected chi connectivity index (χ3v) is 2.23. The number of benzene rings is 1. The van der Waals surface area contributed by atoms with E-state index in [9.17, 15) is 9.90 Å². The van der Waals surface area contributed by atoms with E-state index in [2.05, 4.69) is 4.98 Å². The maximum Gasteiger partial charge on any atom is 1.00 e. The zero-order chi connectivity index (χ0) is 11.5. The molecule has 0 bridgehead atoms. The summed E-state index contributed by atoms with van der Waals surface area (Å²) in [7, 11) is 0. The van der Waals surface area contributed by atoms with Crippen molar-refractivity contribution in [3.63, 3.8) is 0 Å². The van der Waals surface area contributed by atoms with Gasteiger partial charge in [-0.05, 0) is 19.1 Å². The fraction of sp³-hybridized carbons (Fsp3) is 0.167. The Morgan fingerprint density at radius 1 is 1.35 bits per heavy atom. The van der Waals surface area contributed by atoms with Crippen molar-refractivity contribution in [1.82, 2.24) is 4.98 Å². The second-order valence-corrected chi connectivity index (χ2v) is 3.41. The Hall–Kier alpha value is -1.10. The Labute approximate surface area is 121 Å². The van der Waals surface area contributed by atoms with Crippen LogP contribution in [0.4, 0.5) is 0 Å². The minimum atomic E-state index is -1.24. The Kier molecular flexibility index (Phi) is 4.93. The fourth-order valence-corrected chi connectivity index (χ4v) is 1.41. The van der Waals surface area contributed by atoms with Gasteiger partial charge in [0.1, 0.15) is 17.4 Å². The van der Waals surface area contributed by atoms with Crippen LogP contribution >= 0.6 is 0 Å². The molecule has 0 aliphatic carbocycles. The van der Waals surface area contributed by atoms with E-state index < -0.39 is 12.1 Å². The number of carbonyl (C=O) groups is 1. The van der Waals surface area contributed by atoms with Crippen LogP contribution in [0.3, 0.4) is 0 Å². The predicted octanol–water partition coefficient (Wildman–Crippen LogP) is -2.24. The predicted molar refractivity (Wildman–Crippen MR) is 56.8 cm³/mol. The van der Waals surface area contributed by atoms with E-state index in [1.165, 1.54) is 6.92 Å². The van der Waals surface area contributed by atoms with Crippen molar-refractivity contribution < 1.29 is 44.2 Å². The maximum atomic E-state index is 10.6. The van der Waals surface area contributed by atoms with Gasteiger partial charge in [0.2, 0.25) is 0 Å². The normalized spacial score (nSPS) is 11.6. The number of fused-ring (bicyclic) bond motifs is 1. The second-order valence-electron chi connectivity index (χ2n) is 3.41. The van der Waals surface area contributed by atoms with Gasteiger partial charge in [-0.25, -0.2) is 0 Å². The monoisotopic (exact) mass is 239 g/mol. The number of nitrogens with zero attached hydrogens (tertiary/aromatic N) is 1. The molecule has 0 aliphatic rings. The van der Waals surface area contributed by atoms with E-state index in [4.69, 9.17) is 4.74 Å². The van der Waals surface area contributed by atoms with Crippen LogP contribution in [-0.2, 0) is 4.79 Å². The molecule has 1 aromatic heterocycles. The summed E-state index contributed by atoms with van der Waals surface area (Å²) < 4.78 is 5.26. The van der Waals surface area contributed by atoms with Gasteiger partial charge >= 0.3 is 29.6 Å². The molecule has 0 radical (unpaired) electrons. The standard InChI is InChI=1S/C12H11NO3.Na/c1-8(12(14)15)16-10-6-2-4-9-5-3-7-13-11(9)10;/h2-8H,1H3,(H,14,15);/q;+1/p-1/t8-;/m0./s1. The fourth-order valence-electron chi connectivity index (χ4n) is 1.41. The van der Waals surface area contributed by atoms with Crippen LogP contribution in [0.2, 0.25) is 0 Å². The molecule has 0 amide bonds. The van der Waals surface area contributed by atoms with Crippen LogP contribution in [0.5, 0.6) is 5.75 Å². The number of pyridine rings is 1. The van der Waals surface area contributed by atoms with Crippen molar-refractivity contribution in [2.45, 2.75) is 13.0 Å². The van der Waals surface area contributed by atoms with Gasteiger partial charge in [0.05, 0.1) is 5.97 Å². The molecule has 0 N–H and O–H groups in total. The van der Waals surface area contributed by atoms with E-state index in [0.29, 0.717) is 11.3 Å². The summed E-state index contributed by atoms with van der Waals surface area (Å²) in [5.74, 6) is -0.789. The molecule has 2 rings (SSSR count). The molecule has 17 heavy (non-hydrogen) atoms. The quantitative estimate of drug-likeness (QED) is 0.568. The van der Waals surface area contributed by atoms with Crippen LogP contribution in [0, 0.1) is 0 Å². The molecule has 2 aromatic rings. The molecule has 4 nitrogen and oxygen atoms in total. The first-order valence-corrected chi connectivity index (χ1v) is 4.90. The number of hydrogen-bond donors (Lipinski definition) is 0. The number of ether oxygens (including phenoxy) is 1. The summed E-state index contributed by atoms with van der Waals surface area (Å²) >= 11 is 0. The first-order chi connectivity index (χ1) is 7.68. The van der Waals surface area contributed by atoms with Crippen LogP contribution < -0.4 is 39.4 Å². The molecule has 0 unspecified atom stereocenters. The van der Waals surface area contributed by atoms with Gasteiger partial charge < -0.3 is 14.6 Å². The Balaban J connectivity index is 0.00000144. The van der Waals surface area contributed by atoms with E-state index in [1.54, 1.807) is 18.3 Å². The zero-order valence-corrected chi connectivity index (χ0v) is 11.7. The summed E-state index contributed by atoms with van der Waals surface area (Å²) in [5.41, 5.74) is 0.651. The number of aromatic nitrogens is 1. The molecule has 1 atom stereocenters. The van der Waals surface area contributed by atoms with Gasteiger partial charge in [-0.3, -0.25) is 4.98 Å². The zero-order valence-electron chi connectivity index (χ0n) is 9.71. The van der Waals surface area contributed by atoms with Crippen LogP contribution in [0.25, 0.3) is 10.9 Å². The Morgan fingerprint density at radius 3 is 2.76 bits per heavy atom. The third-order valence-electron chi connectivity index (χ3n) is 2.23. The van der Waals surface area contributed by atoms with Crippen LogP contribution in [0.15, 0.2) is 36.5 Å². The maximum absolute atomic E-state index is 10.6. The molecular formula is C12H10NNaO3.